The summed E-state index contributed by atoms with van der Waals surface area (Å²) < 4.78 is -0.492. The summed E-state index contributed by atoms with van der Waals surface area (Å²) in [4.78, 5) is 40.5. The molecule has 3 atom stereocenters. The molecule has 37 heavy (non-hydrogen) atoms. The molecular weight excluding hydrogens is 626 g/mol. The Hall–Kier alpha value is 0.878. The molecule has 0 rings (SSSR count). The van der Waals surface area contributed by atoms with Gasteiger partial charge in [0.05, 0.1) is 0 Å². The molecule has 0 fully saturated rings. The number of hydrogen-bond donors (Lipinski definition) is 3. The van der Waals surface area contributed by atoms with Gasteiger partial charge in [-0.05, 0) is 0 Å². The number of unbranched alkanes of at least 4 members (excludes halogenated alkanes) is 6. The Labute approximate surface area is 253 Å². The molecule has 7 heteroatoms. The van der Waals surface area contributed by atoms with Crippen LogP contribution in [0, 0.1) is 17.8 Å². The Morgan fingerprint density at radius 1 is 0.432 bits per heavy atom. The van der Waals surface area contributed by atoms with Gasteiger partial charge < -0.3 is 0 Å². The van der Waals surface area contributed by atoms with Crippen molar-refractivity contribution in [2.24, 2.45) is 17.8 Å². The Morgan fingerprint density at radius 3 is 0.865 bits per heavy atom. The fourth-order valence-electron chi connectivity index (χ4n) is 4.34. The van der Waals surface area contributed by atoms with Gasteiger partial charge in [0.15, 0.2) is 0 Å². The van der Waals surface area contributed by atoms with E-state index in [1.54, 1.807) is 0 Å². The van der Waals surface area contributed by atoms with Gasteiger partial charge in [0, 0.05) is 0 Å². The molecule has 0 amide bonds. The van der Waals surface area contributed by atoms with Crippen molar-refractivity contribution in [3.63, 3.8) is 0 Å². The third-order valence-corrected chi connectivity index (χ3v) is 16.5. The summed E-state index contributed by atoms with van der Waals surface area (Å²) in [6.07, 6.45) is 14.8. The third-order valence-electron chi connectivity index (χ3n) is 6.79. The second kappa shape index (κ2) is 22.6. The number of rotatable bonds is 24. The van der Waals surface area contributed by atoms with E-state index in [9.17, 15) is 14.4 Å². The molecule has 0 saturated carbocycles. The van der Waals surface area contributed by atoms with Crippen LogP contribution >= 0.6 is 37.9 Å². The molecule has 0 heterocycles. The minimum atomic E-state index is -3.63. The van der Waals surface area contributed by atoms with Crippen LogP contribution in [-0.4, -0.2) is 47.1 Å². The van der Waals surface area contributed by atoms with Crippen LogP contribution in [0.2, 0.25) is 0 Å². The van der Waals surface area contributed by atoms with Crippen molar-refractivity contribution in [3.05, 3.63) is 0 Å². The van der Waals surface area contributed by atoms with Crippen LogP contribution in [0.1, 0.15) is 138 Å². The van der Waals surface area contributed by atoms with E-state index in [-0.39, 0.29) is 11.2 Å². The predicted octanol–water partition coefficient (Wildman–Crippen LogP) is 8.52. The Balaban J connectivity index is 5.14. The number of thiol groups is 3. The van der Waals surface area contributed by atoms with Crippen molar-refractivity contribution in [2.45, 2.75) is 154 Å². The van der Waals surface area contributed by atoms with Crippen LogP contribution in [0.5, 0.6) is 0 Å². The van der Waals surface area contributed by atoms with Gasteiger partial charge in [-0.3, -0.25) is 0 Å². The first-order chi connectivity index (χ1) is 17.4. The summed E-state index contributed by atoms with van der Waals surface area (Å²) in [6.45, 7) is 13.3. The van der Waals surface area contributed by atoms with Gasteiger partial charge in [-0.2, -0.15) is 0 Å². The normalized spacial score (nSPS) is 14.5. The molecule has 0 aliphatic rings. The van der Waals surface area contributed by atoms with E-state index in [1.807, 2.05) is 0 Å². The second-order valence-corrected chi connectivity index (χ2v) is 19.6. The van der Waals surface area contributed by atoms with Gasteiger partial charge >= 0.3 is 255 Å². The first kappa shape index (κ1) is 37.9. The monoisotopic (exact) mass is 682 g/mol. The average molecular weight is 684 g/mol. The van der Waals surface area contributed by atoms with E-state index in [0.717, 1.165) is 57.8 Å². The van der Waals surface area contributed by atoms with Crippen molar-refractivity contribution in [1.29, 1.82) is 0 Å². The minimum absolute atomic E-state index is 0.164. The van der Waals surface area contributed by atoms with Crippen molar-refractivity contribution in [2.75, 3.05) is 0 Å². The molecule has 0 aliphatic carbocycles. The topological polar surface area (TPSA) is 51.2 Å². The third kappa shape index (κ3) is 18.8. The van der Waals surface area contributed by atoms with E-state index in [2.05, 4.69) is 79.4 Å². The fourth-order valence-corrected chi connectivity index (χ4v) is 12.7. The number of carbonyl (C=O) groups excluding carboxylic acids is 3. The van der Waals surface area contributed by atoms with Crippen molar-refractivity contribution >= 4 is 69.3 Å². The van der Waals surface area contributed by atoms with E-state index < -0.39 is 36.0 Å². The maximum absolute atomic E-state index is 13.5. The van der Waals surface area contributed by atoms with Crippen molar-refractivity contribution in [1.82, 2.24) is 0 Å². The second-order valence-electron chi connectivity index (χ2n) is 12.0. The average Bonchev–Trinajstić information content (AvgIpc) is 2.82. The fraction of sp³-hybridized carbons (Fsp3) is 0.900. The standard InChI is InChI=1S/3C10H19OS.Sb/c3*1-9(2)6-4-3-5-7-10(12)8-11;/h3*9-10,12H,3-7H2,1-2H3;. The van der Waals surface area contributed by atoms with E-state index >= 15 is 0 Å². The van der Waals surface area contributed by atoms with Gasteiger partial charge in [0.2, 0.25) is 0 Å². The van der Waals surface area contributed by atoms with E-state index in [1.165, 1.54) is 19.3 Å². The summed E-state index contributed by atoms with van der Waals surface area (Å²) in [5.74, 6) is 2.04. The van der Waals surface area contributed by atoms with Crippen LogP contribution in [0.4, 0.5) is 0 Å². The molecule has 0 aromatic heterocycles. The summed E-state index contributed by atoms with van der Waals surface area (Å²) in [7, 11) is 0. The molecule has 0 bridgehead atoms. The first-order valence-electron chi connectivity index (χ1n) is 14.8. The van der Waals surface area contributed by atoms with Crippen LogP contribution in [0.25, 0.3) is 0 Å². The van der Waals surface area contributed by atoms with Gasteiger partial charge in [-0.1, -0.05) is 0 Å². The molecule has 0 radical (unpaired) electrons. The molecule has 3 unspecified atom stereocenters. The zero-order valence-electron chi connectivity index (χ0n) is 24.6. The zero-order valence-corrected chi connectivity index (χ0v) is 29.8. The molecule has 218 valence electrons. The van der Waals surface area contributed by atoms with Gasteiger partial charge in [-0.15, -0.1) is 0 Å². The van der Waals surface area contributed by atoms with Gasteiger partial charge in [0.25, 0.3) is 0 Å². The van der Waals surface area contributed by atoms with E-state index in [0.29, 0.717) is 37.0 Å². The van der Waals surface area contributed by atoms with Gasteiger partial charge in [-0.25, -0.2) is 0 Å². The molecule has 0 aromatic rings. The molecular formula is C30H57O3S3Sb. The molecule has 0 aromatic carbocycles. The quantitative estimate of drug-likeness (QED) is 0.0544. The molecule has 0 N–H and O–H groups in total. The summed E-state index contributed by atoms with van der Waals surface area (Å²) in [5.41, 5.74) is 0. The SMILES string of the molecule is CC(C)CCCCCC(S)[C](=O)[Sb]([C](=O)C(S)CCCCCC(C)C)[C](=O)C(S)CCCCCC(C)C. The number of hydrogen-bond acceptors (Lipinski definition) is 6. The summed E-state index contributed by atoms with van der Waals surface area (Å²) in [5, 5.41) is -1.56. The maximum atomic E-state index is 13.5. The Bertz CT molecular complexity index is 554. The van der Waals surface area contributed by atoms with Gasteiger partial charge in [0.1, 0.15) is 0 Å². The number of carbonyl (C=O) groups is 3. The molecule has 0 saturated heterocycles. The van der Waals surface area contributed by atoms with Crippen LogP contribution in [0.3, 0.4) is 0 Å². The summed E-state index contributed by atoms with van der Waals surface area (Å²) >= 11 is 10.2. The molecule has 3 nitrogen and oxygen atoms in total. The molecule has 0 spiro atoms. The van der Waals surface area contributed by atoms with Crippen molar-refractivity contribution < 1.29 is 14.4 Å². The zero-order chi connectivity index (χ0) is 28.4. The van der Waals surface area contributed by atoms with Crippen LogP contribution < -0.4 is 0 Å². The molecule has 0 aliphatic heterocycles. The predicted molar refractivity (Wildman–Crippen MR) is 173 cm³/mol. The van der Waals surface area contributed by atoms with E-state index in [4.69, 9.17) is 0 Å². The van der Waals surface area contributed by atoms with Crippen molar-refractivity contribution in [3.8, 4) is 0 Å². The first-order valence-corrected chi connectivity index (χ1v) is 20.2. The Morgan fingerprint density at radius 2 is 0.649 bits per heavy atom. The Kier molecular flexibility index (Phi) is 23.1. The summed E-state index contributed by atoms with van der Waals surface area (Å²) in [6, 6.07) is 0. The van der Waals surface area contributed by atoms with Crippen LogP contribution in [-0.2, 0) is 14.4 Å². The van der Waals surface area contributed by atoms with Crippen LogP contribution in [0.15, 0.2) is 0 Å².